The van der Waals surface area contributed by atoms with E-state index in [-0.39, 0.29) is 33.4 Å². The first-order valence-corrected chi connectivity index (χ1v) is 22.3. The quantitative estimate of drug-likeness (QED) is 0.112. The van der Waals surface area contributed by atoms with Gasteiger partial charge in [-0.15, -0.1) is 54.1 Å². The molecule has 8 aromatic rings. The summed E-state index contributed by atoms with van der Waals surface area (Å²) < 4.78 is 8.85. The molecule has 3 aromatic heterocycles. The third kappa shape index (κ3) is 8.92. The molecule has 0 spiro atoms. The number of rotatable bonds is 8. The minimum Gasteiger partial charge on any atom is -0.500 e. The van der Waals surface area contributed by atoms with Crippen molar-refractivity contribution in [2.75, 3.05) is 0 Å². The second-order valence-corrected chi connectivity index (χ2v) is 21.0. The van der Waals surface area contributed by atoms with Crippen molar-refractivity contribution in [1.82, 2.24) is 14.5 Å². The first kappa shape index (κ1) is 44.6. The van der Waals surface area contributed by atoms with Gasteiger partial charge in [0.2, 0.25) is 0 Å². The number of furan rings is 1. The van der Waals surface area contributed by atoms with Crippen LogP contribution in [0.15, 0.2) is 114 Å². The molecule has 0 aliphatic heterocycles. The van der Waals surface area contributed by atoms with Gasteiger partial charge in [-0.1, -0.05) is 125 Å². The first-order valence-electron chi connectivity index (χ1n) is 20.8. The number of pyridine rings is 1. The van der Waals surface area contributed by atoms with E-state index in [2.05, 4.69) is 146 Å². The van der Waals surface area contributed by atoms with Crippen LogP contribution in [0, 0.1) is 23.5 Å². The Kier molecular flexibility index (Phi) is 13.7. The van der Waals surface area contributed by atoms with Gasteiger partial charge in [0.15, 0.2) is 0 Å². The number of imidazole rings is 1. The second-order valence-electron chi connectivity index (χ2n) is 17.6. The van der Waals surface area contributed by atoms with Crippen LogP contribution in [0.5, 0.6) is 0 Å². The van der Waals surface area contributed by atoms with Gasteiger partial charge in [-0.25, -0.2) is 0 Å². The molecule has 0 aliphatic carbocycles. The van der Waals surface area contributed by atoms with E-state index in [0.717, 1.165) is 50.0 Å². The van der Waals surface area contributed by atoms with Crippen LogP contribution in [-0.4, -0.2) is 25.9 Å². The Morgan fingerprint density at radius 1 is 0.750 bits per heavy atom. The van der Waals surface area contributed by atoms with Gasteiger partial charge in [-0.3, -0.25) is 4.98 Å². The molecule has 3 heterocycles. The van der Waals surface area contributed by atoms with Crippen LogP contribution in [-0.2, 0) is 25.5 Å². The summed E-state index contributed by atoms with van der Waals surface area (Å²) in [7, 11) is -0.320. The molecule has 309 valence electrons. The summed E-state index contributed by atoms with van der Waals surface area (Å²) in [6.07, 6.45) is 1.95. The van der Waals surface area contributed by atoms with Gasteiger partial charge in [-0.05, 0) is 92.7 Å². The summed E-state index contributed by atoms with van der Waals surface area (Å²) in [6.45, 7) is 25.3. The summed E-state index contributed by atoms with van der Waals surface area (Å²) in [5, 5.41) is 13.0. The zero-order valence-corrected chi connectivity index (χ0v) is 40.0. The second kappa shape index (κ2) is 18.4. The first-order chi connectivity index (χ1) is 28.2. The topological polar surface area (TPSA) is 67.6 Å². The Morgan fingerprint density at radius 2 is 1.43 bits per heavy atom. The Balaban J connectivity index is 0.000000298. The molecule has 5 nitrogen and oxygen atoms in total. The van der Waals surface area contributed by atoms with E-state index >= 15 is 0 Å². The van der Waals surface area contributed by atoms with E-state index in [1.165, 1.54) is 27.7 Å². The van der Waals surface area contributed by atoms with Crippen molar-refractivity contribution in [3.05, 3.63) is 144 Å². The number of hydrogen-bond donors (Lipinski definition) is 0. The molecule has 0 saturated carbocycles. The Hall–Kier alpha value is -4.91. The van der Waals surface area contributed by atoms with E-state index in [4.69, 9.17) is 9.40 Å². The van der Waals surface area contributed by atoms with Crippen molar-refractivity contribution in [2.24, 2.45) is 0 Å². The molecule has 0 unspecified atom stereocenters. The molecule has 1 radical (unpaired) electrons. The third-order valence-corrected chi connectivity index (χ3v) is 14.1. The average Bonchev–Trinajstić information content (AvgIpc) is 3.79. The Labute approximate surface area is 371 Å². The van der Waals surface area contributed by atoms with Crippen LogP contribution in [0.2, 0.25) is 0 Å². The molecule has 0 atom stereocenters. The molecule has 60 heavy (non-hydrogen) atoms. The molecule has 0 N–H and O–H groups in total. The van der Waals surface area contributed by atoms with Crippen LogP contribution in [0.3, 0.4) is 0 Å². The fraction of sp³-hybridized carbons (Fsp3) is 0.302. The molecule has 5 aromatic carbocycles. The van der Waals surface area contributed by atoms with Crippen LogP contribution in [0.1, 0.15) is 110 Å². The molecule has 0 fully saturated rings. The number of hydrogen-bond acceptors (Lipinski definition) is 4. The summed E-state index contributed by atoms with van der Waals surface area (Å²) in [5.74, 6) is 1.44. The molecule has 0 aliphatic rings. The zero-order chi connectivity index (χ0) is 42.2. The monoisotopic (exact) mass is 987 g/mol. The van der Waals surface area contributed by atoms with Crippen LogP contribution < -0.4 is 5.30 Å². The van der Waals surface area contributed by atoms with Crippen LogP contribution >= 0.6 is 7.92 Å². The maximum atomic E-state index is 9.49. The number of fused-ring (bicyclic) bond motifs is 4. The van der Waals surface area contributed by atoms with Crippen molar-refractivity contribution < 1.29 is 24.5 Å². The van der Waals surface area contributed by atoms with Crippen molar-refractivity contribution in [3.8, 4) is 34.4 Å². The smallest absolute Gasteiger partial charge is 0.122 e. The maximum Gasteiger partial charge on any atom is 0.122 e. The molecule has 8 rings (SSSR count). The number of benzene rings is 5. The van der Waals surface area contributed by atoms with E-state index in [1.54, 1.807) is 0 Å². The number of para-hydroxylation sites is 2. The largest absolute Gasteiger partial charge is 0.500 e. The van der Waals surface area contributed by atoms with Gasteiger partial charge < -0.3 is 14.0 Å². The van der Waals surface area contributed by atoms with Gasteiger partial charge in [0.1, 0.15) is 5.58 Å². The molecule has 0 amide bonds. The molecule has 0 bridgehead atoms. The molecular weight excluding hydrogens is 932 g/mol. The number of nitriles is 1. The van der Waals surface area contributed by atoms with Crippen molar-refractivity contribution in [1.29, 1.82) is 5.26 Å². The van der Waals surface area contributed by atoms with Gasteiger partial charge in [0.25, 0.3) is 0 Å². The van der Waals surface area contributed by atoms with Gasteiger partial charge in [0, 0.05) is 37.4 Å². The van der Waals surface area contributed by atoms with Crippen LogP contribution in [0.4, 0.5) is 0 Å². The van der Waals surface area contributed by atoms with Crippen molar-refractivity contribution >= 4 is 46.2 Å². The van der Waals surface area contributed by atoms with Gasteiger partial charge >= 0.3 is 0 Å². The minimum atomic E-state index is -0.320. The predicted octanol–water partition coefficient (Wildman–Crippen LogP) is 14.3. The number of nitrogens with zero attached hydrogens (tertiary/aromatic N) is 4. The normalized spacial score (nSPS) is 11.8. The third-order valence-electron chi connectivity index (χ3n) is 11.0. The fourth-order valence-corrected chi connectivity index (χ4v) is 11.1. The maximum absolute atomic E-state index is 9.49. The standard InChI is InChI=1S/C38H39N3OP.C15H16N.Ir/c1-22(2)31-19-27(43(24(5)6)25(7)8)20-32(23(3)4)36(31)41-34-15-10-9-14-33(34)40-38(41)30-13-11-12-29-28-17-16-26(21-39)18-35(28)42-37(29)30;1-15(2,3)13-9-10-14(16-11-13)12-7-5-4-6-8-12;/h9-12,14-20,22-25H,1-8H3;4-7,9-11H,1-3H3;/q2*-1;. The summed E-state index contributed by atoms with van der Waals surface area (Å²) >= 11 is 0. The molecule has 0 saturated heterocycles. The summed E-state index contributed by atoms with van der Waals surface area (Å²) in [5.41, 5.74) is 13.4. The SMILES string of the molecule is CC(C)(C)c1ccc(-c2[c-]cccc2)nc1.CC(C)c1cc(P(C(C)C)C(C)C)cc(C(C)C)c1-n1c(-c2[c-]ccc3c2oc2cc(C#N)ccc23)nc2ccccc21.[Ir]. The van der Waals surface area contributed by atoms with E-state index < -0.39 is 0 Å². The molecular formula is C53H55IrN4OP-2. The Bertz CT molecular complexity index is 2750. The number of aromatic nitrogens is 3. The average molecular weight is 987 g/mol. The van der Waals surface area contributed by atoms with Gasteiger partial charge in [-0.2, -0.15) is 5.26 Å². The van der Waals surface area contributed by atoms with Gasteiger partial charge in [0.05, 0.1) is 34.1 Å². The van der Waals surface area contributed by atoms with E-state index in [9.17, 15) is 5.26 Å². The predicted molar refractivity (Wildman–Crippen MR) is 250 cm³/mol. The van der Waals surface area contributed by atoms with E-state index in [1.807, 2.05) is 66.9 Å². The summed E-state index contributed by atoms with van der Waals surface area (Å²) in [6, 6.07) is 44.0. The fourth-order valence-electron chi connectivity index (χ4n) is 8.09. The zero-order valence-electron chi connectivity index (χ0n) is 36.7. The van der Waals surface area contributed by atoms with Crippen molar-refractivity contribution in [3.63, 3.8) is 0 Å². The minimum absolute atomic E-state index is 0. The van der Waals surface area contributed by atoms with Crippen LogP contribution in [0.25, 0.3) is 61.3 Å². The Morgan fingerprint density at radius 3 is 2.02 bits per heavy atom. The van der Waals surface area contributed by atoms with Crippen molar-refractivity contribution in [2.45, 2.75) is 105 Å². The molecule has 7 heteroatoms. The summed E-state index contributed by atoms with van der Waals surface area (Å²) in [4.78, 5) is 9.74. The van der Waals surface area contributed by atoms with E-state index in [0.29, 0.717) is 34.3 Å².